The summed E-state index contributed by atoms with van der Waals surface area (Å²) >= 11 is 5.80. The Morgan fingerprint density at radius 1 is 1.57 bits per heavy atom. The number of Topliss-reactive ketones (excluding diaryl/α,β-unsaturated/α-hetero) is 1. The first-order chi connectivity index (χ1) is 6.65. The molecule has 0 saturated heterocycles. The van der Waals surface area contributed by atoms with Crippen LogP contribution in [0.1, 0.15) is 24.2 Å². The molecule has 0 unspecified atom stereocenters. The van der Waals surface area contributed by atoms with Crippen LogP contribution >= 0.6 is 11.6 Å². The van der Waals surface area contributed by atoms with E-state index in [1.807, 2.05) is 13.8 Å². The molecule has 0 bridgehead atoms. The van der Waals surface area contributed by atoms with E-state index in [1.165, 1.54) is 0 Å². The topological polar surface area (TPSA) is 29.1 Å². The molecule has 0 heterocycles. The molecule has 0 saturated carbocycles. The Bertz CT molecular complexity index is 325. The Hall–Kier alpha value is -0.860. The zero-order valence-electron chi connectivity index (χ0n) is 8.38. The number of likely N-dealkylation sites (N-methyl/N-ethyl adjacent to an activating group) is 1. The lowest BCUT2D eigenvalue weighted by Gasteiger charge is -2.10. The van der Waals surface area contributed by atoms with Gasteiger partial charge >= 0.3 is 0 Å². The fourth-order valence-corrected chi connectivity index (χ4v) is 1.48. The molecule has 0 aliphatic carbocycles. The Morgan fingerprint density at radius 2 is 2.29 bits per heavy atom. The predicted octanol–water partition coefficient (Wildman–Crippen LogP) is 2.52. The maximum absolute atomic E-state index is 11.8. The minimum Gasteiger partial charge on any atom is -0.308 e. The Labute approximate surface area is 89.3 Å². The highest BCUT2D eigenvalue weighted by molar-refractivity contribution is 6.31. The van der Waals surface area contributed by atoms with Gasteiger partial charge in [-0.1, -0.05) is 30.7 Å². The van der Waals surface area contributed by atoms with Crippen molar-refractivity contribution in [2.45, 2.75) is 19.9 Å². The average Bonchev–Trinajstić information content (AvgIpc) is 2.17. The minimum absolute atomic E-state index is 0.0781. The Balaban J connectivity index is 2.78. The van der Waals surface area contributed by atoms with Crippen molar-refractivity contribution in [2.24, 2.45) is 0 Å². The number of carbonyl (C=O) groups is 1. The summed E-state index contributed by atoms with van der Waals surface area (Å²) in [5, 5.41) is 3.67. The summed E-state index contributed by atoms with van der Waals surface area (Å²) in [6, 6.07) is 6.86. The quantitative estimate of drug-likeness (QED) is 0.776. The van der Waals surface area contributed by atoms with E-state index in [2.05, 4.69) is 5.32 Å². The monoisotopic (exact) mass is 211 g/mol. The van der Waals surface area contributed by atoms with E-state index in [0.717, 1.165) is 6.54 Å². The first-order valence-corrected chi connectivity index (χ1v) is 5.06. The fourth-order valence-electron chi connectivity index (χ4n) is 1.29. The van der Waals surface area contributed by atoms with Crippen molar-refractivity contribution >= 4 is 17.4 Å². The number of carbonyl (C=O) groups excluding carboxylic acids is 1. The molecule has 0 fully saturated rings. The van der Waals surface area contributed by atoms with Gasteiger partial charge in [-0.3, -0.25) is 4.79 Å². The summed E-state index contributed by atoms with van der Waals surface area (Å²) in [6.45, 7) is 4.61. The van der Waals surface area contributed by atoms with Gasteiger partial charge in [-0.15, -0.1) is 0 Å². The number of ketones is 1. The molecule has 0 aromatic heterocycles. The first kappa shape index (κ1) is 11.2. The summed E-state index contributed by atoms with van der Waals surface area (Å²) in [5.74, 6) is 0.0781. The molecule has 3 heteroatoms. The number of benzene rings is 1. The molecular formula is C11H14ClNO. The van der Waals surface area contributed by atoms with Gasteiger partial charge in [0, 0.05) is 10.6 Å². The van der Waals surface area contributed by atoms with Crippen molar-refractivity contribution in [3.63, 3.8) is 0 Å². The van der Waals surface area contributed by atoms with Crippen LogP contribution in [0, 0.1) is 0 Å². The lowest BCUT2D eigenvalue weighted by Crippen LogP contribution is -2.33. The third kappa shape index (κ3) is 2.82. The Kier molecular flexibility index (Phi) is 4.11. The average molecular weight is 212 g/mol. The molecule has 1 aromatic carbocycles. The molecular weight excluding hydrogens is 198 g/mol. The van der Waals surface area contributed by atoms with Crippen LogP contribution in [0.2, 0.25) is 5.02 Å². The van der Waals surface area contributed by atoms with Crippen LogP contribution in [0.4, 0.5) is 0 Å². The molecule has 1 rings (SSSR count). The van der Waals surface area contributed by atoms with Crippen LogP contribution in [0.3, 0.4) is 0 Å². The molecule has 0 spiro atoms. The van der Waals surface area contributed by atoms with Gasteiger partial charge in [0.15, 0.2) is 5.78 Å². The zero-order chi connectivity index (χ0) is 10.6. The summed E-state index contributed by atoms with van der Waals surface area (Å²) in [4.78, 5) is 11.8. The van der Waals surface area contributed by atoms with Crippen molar-refractivity contribution in [1.29, 1.82) is 0 Å². The van der Waals surface area contributed by atoms with Crippen LogP contribution in [-0.4, -0.2) is 18.4 Å². The third-order valence-electron chi connectivity index (χ3n) is 2.01. The van der Waals surface area contributed by atoms with E-state index in [1.54, 1.807) is 24.3 Å². The molecule has 1 aromatic rings. The van der Waals surface area contributed by atoms with Gasteiger partial charge in [-0.25, -0.2) is 0 Å². The molecule has 0 aliphatic heterocycles. The van der Waals surface area contributed by atoms with Gasteiger partial charge in [-0.2, -0.15) is 0 Å². The van der Waals surface area contributed by atoms with Crippen LogP contribution < -0.4 is 5.32 Å². The molecule has 76 valence electrons. The van der Waals surface area contributed by atoms with Gasteiger partial charge in [0.25, 0.3) is 0 Å². The van der Waals surface area contributed by atoms with Gasteiger partial charge in [-0.05, 0) is 25.6 Å². The second-order valence-electron chi connectivity index (χ2n) is 3.15. The number of hydrogen-bond donors (Lipinski definition) is 1. The van der Waals surface area contributed by atoms with Crippen molar-refractivity contribution in [3.05, 3.63) is 34.9 Å². The van der Waals surface area contributed by atoms with Gasteiger partial charge in [0.05, 0.1) is 6.04 Å². The Morgan fingerprint density at radius 3 is 2.86 bits per heavy atom. The van der Waals surface area contributed by atoms with Crippen molar-refractivity contribution in [1.82, 2.24) is 5.32 Å². The van der Waals surface area contributed by atoms with Gasteiger partial charge < -0.3 is 5.32 Å². The largest absolute Gasteiger partial charge is 0.308 e. The summed E-state index contributed by atoms with van der Waals surface area (Å²) in [5.41, 5.74) is 0.658. The highest BCUT2D eigenvalue weighted by atomic mass is 35.5. The fraction of sp³-hybridized carbons (Fsp3) is 0.364. The maximum Gasteiger partial charge on any atom is 0.179 e. The number of halogens is 1. The van der Waals surface area contributed by atoms with Crippen LogP contribution in [0.5, 0.6) is 0 Å². The highest BCUT2D eigenvalue weighted by Crippen LogP contribution is 2.12. The van der Waals surface area contributed by atoms with E-state index < -0.39 is 0 Å². The second kappa shape index (κ2) is 5.13. The van der Waals surface area contributed by atoms with E-state index in [-0.39, 0.29) is 11.8 Å². The molecule has 0 aliphatic rings. The molecule has 2 nitrogen and oxygen atoms in total. The van der Waals surface area contributed by atoms with Crippen LogP contribution in [-0.2, 0) is 0 Å². The predicted molar refractivity (Wildman–Crippen MR) is 58.9 cm³/mol. The zero-order valence-corrected chi connectivity index (χ0v) is 9.14. The third-order valence-corrected chi connectivity index (χ3v) is 2.25. The standard InChI is InChI=1S/C11H14ClNO/c1-3-13-8(2)11(14)9-5-4-6-10(12)7-9/h4-8,13H,3H2,1-2H3/t8-/m1/s1. The molecule has 1 atom stereocenters. The van der Waals surface area contributed by atoms with Gasteiger partial charge in [0.1, 0.15) is 0 Å². The molecule has 0 radical (unpaired) electrons. The van der Waals surface area contributed by atoms with E-state index in [9.17, 15) is 4.79 Å². The van der Waals surface area contributed by atoms with Crippen molar-refractivity contribution < 1.29 is 4.79 Å². The SMILES string of the molecule is CCN[C@H](C)C(=O)c1cccc(Cl)c1. The number of nitrogens with one attached hydrogen (secondary N) is 1. The molecule has 14 heavy (non-hydrogen) atoms. The highest BCUT2D eigenvalue weighted by Gasteiger charge is 2.13. The normalized spacial score (nSPS) is 12.5. The maximum atomic E-state index is 11.8. The summed E-state index contributed by atoms with van der Waals surface area (Å²) in [7, 11) is 0. The number of hydrogen-bond acceptors (Lipinski definition) is 2. The lowest BCUT2D eigenvalue weighted by molar-refractivity contribution is 0.0952. The molecule has 0 amide bonds. The summed E-state index contributed by atoms with van der Waals surface area (Å²) in [6.07, 6.45) is 0. The minimum atomic E-state index is -0.154. The van der Waals surface area contributed by atoms with E-state index in [0.29, 0.717) is 10.6 Å². The first-order valence-electron chi connectivity index (χ1n) is 4.68. The smallest absolute Gasteiger partial charge is 0.179 e. The van der Waals surface area contributed by atoms with Crippen molar-refractivity contribution in [2.75, 3.05) is 6.54 Å². The van der Waals surface area contributed by atoms with Crippen LogP contribution in [0.15, 0.2) is 24.3 Å². The number of rotatable bonds is 4. The summed E-state index contributed by atoms with van der Waals surface area (Å²) < 4.78 is 0. The van der Waals surface area contributed by atoms with Crippen LogP contribution in [0.25, 0.3) is 0 Å². The van der Waals surface area contributed by atoms with Gasteiger partial charge in [0.2, 0.25) is 0 Å². The van der Waals surface area contributed by atoms with Crippen molar-refractivity contribution in [3.8, 4) is 0 Å². The second-order valence-corrected chi connectivity index (χ2v) is 3.59. The van der Waals surface area contributed by atoms with E-state index >= 15 is 0 Å². The van der Waals surface area contributed by atoms with E-state index in [4.69, 9.17) is 11.6 Å². The molecule has 1 N–H and O–H groups in total. The lowest BCUT2D eigenvalue weighted by atomic mass is 10.1.